The average molecular weight is 833 g/mol. The van der Waals surface area contributed by atoms with E-state index in [9.17, 15) is 19.2 Å². The molecule has 0 unspecified atom stereocenters. The van der Waals surface area contributed by atoms with Crippen LogP contribution in [0.5, 0.6) is 0 Å². The minimum absolute atomic E-state index is 0. The van der Waals surface area contributed by atoms with Gasteiger partial charge in [-0.3, -0.25) is 19.2 Å². The maximum absolute atomic E-state index is 12.6. The molecule has 10 aliphatic carbocycles. The molecule has 0 N–H and O–H groups in total. The van der Waals surface area contributed by atoms with E-state index in [-0.39, 0.29) is 69.4 Å². The lowest BCUT2D eigenvalue weighted by atomic mass is 9.47. The third kappa shape index (κ3) is 8.50. The summed E-state index contributed by atoms with van der Waals surface area (Å²) in [7, 11) is 0. The minimum Gasteiger partial charge on any atom is -0.299 e. The molecule has 10 rings (SSSR count). The van der Waals surface area contributed by atoms with Crippen molar-refractivity contribution in [1.82, 2.24) is 0 Å². The molecule has 0 aliphatic heterocycles. The third-order valence-electron chi connectivity index (χ3n) is 17.9. The highest BCUT2D eigenvalue weighted by atomic mass is 16.1. The van der Waals surface area contributed by atoms with Crippen LogP contribution in [0.25, 0.3) is 0 Å². The molecule has 0 aromatic heterocycles. The predicted molar refractivity (Wildman–Crippen MR) is 254 cm³/mol. The summed E-state index contributed by atoms with van der Waals surface area (Å²) in [6.45, 7) is 30.2. The van der Waals surface area contributed by atoms with E-state index in [2.05, 4.69) is 79.2 Å². The zero-order valence-electron chi connectivity index (χ0n) is 36.7. The Morgan fingerprint density at radius 3 is 1.77 bits per heavy atom. The van der Waals surface area contributed by atoms with E-state index < -0.39 is 0 Å². The normalized spacial score (nSPS) is 43.0. The molecule has 0 spiro atoms. The number of fused-ring (bicyclic) bond motifs is 6. The smallest absolute Gasteiger partial charge is 0.161 e. The van der Waals surface area contributed by atoms with Crippen LogP contribution < -0.4 is 0 Å². The lowest BCUT2D eigenvalue weighted by molar-refractivity contribution is -0.148. The summed E-state index contributed by atoms with van der Waals surface area (Å²) >= 11 is 0. The van der Waals surface area contributed by atoms with Gasteiger partial charge in [-0.15, -0.1) is 0 Å². The second-order valence-corrected chi connectivity index (χ2v) is 21.4. The van der Waals surface area contributed by atoms with Gasteiger partial charge in [0.15, 0.2) is 11.6 Å². The fourth-order valence-electron chi connectivity index (χ4n) is 15.5. The number of carbonyl (C=O) groups is 4. The maximum atomic E-state index is 12.6. The molecule has 0 radical (unpaired) electrons. The fraction of sp³-hybridized carbons (Fsp3) is 0.684. The summed E-state index contributed by atoms with van der Waals surface area (Å²) in [5.41, 5.74) is 9.01. The average Bonchev–Trinajstić information content (AvgIpc) is 3.17. The standard InChI is InChI=1S/C18H24O2.C18H22O2.C18H26.3CH4/c1-9-7-11-8-10(2)18(20)14-4-3-13-15(19)6-5-12(9)17(13)16(11)14;1-9-7-13-8-10(2)18(20)12(4)16(13)17-11(3)15(19)6-5-14(9)17;1-11-8-14(4)17-15(9-11)10-13(3)16-7-5-6-12(2)18(16)17;;;/h7,10-14,16-17H,3-6,8H2,1-2H3;7,10,13-14,16-17H,3-6,8H2,1-2H3;10-11,15-18H,2,4-9H2,1,3H3;3*1H4/t10-,11+,12-,13-,14+,16-,17-;10-,13+,14-,16+,17+;11-,15+,16+,17-,18-;;;/m110.../s1. The van der Waals surface area contributed by atoms with Crippen molar-refractivity contribution in [3.8, 4) is 0 Å². The van der Waals surface area contributed by atoms with Crippen molar-refractivity contribution in [3.63, 3.8) is 0 Å². The zero-order valence-corrected chi connectivity index (χ0v) is 36.7. The highest BCUT2D eigenvalue weighted by Gasteiger charge is 2.56. The second-order valence-electron chi connectivity index (χ2n) is 21.4. The third-order valence-corrected chi connectivity index (χ3v) is 17.9. The summed E-state index contributed by atoms with van der Waals surface area (Å²) in [5, 5.41) is 0. The molecule has 10 aliphatic rings. The highest BCUT2D eigenvalue weighted by Crippen LogP contribution is 2.59. The molecular weight excluding hydrogens is 749 g/mol. The van der Waals surface area contributed by atoms with Crippen LogP contribution in [0.15, 0.2) is 83.6 Å². The Bertz CT molecular complexity index is 1900. The van der Waals surface area contributed by atoms with Crippen molar-refractivity contribution < 1.29 is 19.2 Å². The van der Waals surface area contributed by atoms with Crippen LogP contribution in [-0.2, 0) is 19.2 Å². The number of rotatable bonds is 0. The first-order valence-corrected chi connectivity index (χ1v) is 23.5. The van der Waals surface area contributed by atoms with Gasteiger partial charge in [0.1, 0.15) is 11.6 Å². The number of hydrogen-bond donors (Lipinski definition) is 0. The van der Waals surface area contributed by atoms with Gasteiger partial charge in [-0.25, -0.2) is 0 Å². The molecule has 0 bridgehead atoms. The van der Waals surface area contributed by atoms with Gasteiger partial charge in [0.25, 0.3) is 0 Å². The number of hydrogen-bond acceptors (Lipinski definition) is 4. The Kier molecular flexibility index (Phi) is 15.2. The van der Waals surface area contributed by atoms with Gasteiger partial charge in [0.05, 0.1) is 0 Å². The zero-order chi connectivity index (χ0) is 41.5. The van der Waals surface area contributed by atoms with Gasteiger partial charge in [-0.2, -0.15) is 0 Å². The van der Waals surface area contributed by atoms with Crippen molar-refractivity contribution in [2.45, 2.75) is 147 Å². The largest absolute Gasteiger partial charge is 0.299 e. The quantitative estimate of drug-likeness (QED) is 0.180. The lowest BCUT2D eigenvalue weighted by Gasteiger charge is -2.56. The Morgan fingerprint density at radius 1 is 0.508 bits per heavy atom. The summed E-state index contributed by atoms with van der Waals surface area (Å²) in [6, 6.07) is 0. The molecule has 0 aromatic carbocycles. The van der Waals surface area contributed by atoms with Crippen LogP contribution >= 0.6 is 0 Å². The molecule has 4 heteroatoms. The van der Waals surface area contributed by atoms with Crippen molar-refractivity contribution in [2.24, 2.45) is 101 Å². The molecule has 4 nitrogen and oxygen atoms in total. The predicted octanol–water partition coefficient (Wildman–Crippen LogP) is 13.9. The summed E-state index contributed by atoms with van der Waals surface area (Å²) in [5.74, 6) is 8.95. The number of Topliss-reactive ketones (excluding diaryl/α,β-unsaturated/α-hetero) is 4. The van der Waals surface area contributed by atoms with Crippen molar-refractivity contribution >= 4 is 23.1 Å². The van der Waals surface area contributed by atoms with Gasteiger partial charge >= 0.3 is 0 Å². The fourth-order valence-corrected chi connectivity index (χ4v) is 15.5. The van der Waals surface area contributed by atoms with Gasteiger partial charge in [-0.05, 0) is 168 Å². The summed E-state index contributed by atoms with van der Waals surface area (Å²) in [4.78, 5) is 49.2. The molecule has 0 saturated heterocycles. The van der Waals surface area contributed by atoms with Crippen LogP contribution in [0.2, 0.25) is 0 Å². The van der Waals surface area contributed by atoms with Crippen molar-refractivity contribution in [3.05, 3.63) is 83.6 Å². The molecule has 61 heavy (non-hydrogen) atoms. The summed E-state index contributed by atoms with van der Waals surface area (Å²) < 4.78 is 0. The second kappa shape index (κ2) is 18.9. The van der Waals surface area contributed by atoms with Crippen LogP contribution in [0.3, 0.4) is 0 Å². The Labute approximate surface area is 372 Å². The van der Waals surface area contributed by atoms with Crippen LogP contribution in [0, 0.1) is 101 Å². The van der Waals surface area contributed by atoms with E-state index in [4.69, 9.17) is 0 Å². The number of ketones is 4. The van der Waals surface area contributed by atoms with Crippen LogP contribution in [0.4, 0.5) is 0 Å². The van der Waals surface area contributed by atoms with Gasteiger partial charge in [0.2, 0.25) is 0 Å². The molecule has 336 valence electrons. The Morgan fingerprint density at radius 2 is 1.08 bits per heavy atom. The van der Waals surface area contributed by atoms with Crippen molar-refractivity contribution in [2.75, 3.05) is 0 Å². The highest BCUT2D eigenvalue weighted by molar-refractivity contribution is 6.00. The van der Waals surface area contributed by atoms with Gasteiger partial charge in [-0.1, -0.05) is 115 Å². The summed E-state index contributed by atoms with van der Waals surface area (Å²) in [6.07, 6.45) is 21.1. The van der Waals surface area contributed by atoms with Crippen LogP contribution in [-0.4, -0.2) is 23.1 Å². The van der Waals surface area contributed by atoms with Crippen LogP contribution in [0.1, 0.15) is 147 Å². The van der Waals surface area contributed by atoms with E-state index in [0.29, 0.717) is 65.3 Å². The Balaban J connectivity index is 0.000000169. The molecule has 0 aromatic rings. The van der Waals surface area contributed by atoms with Gasteiger partial charge in [0, 0.05) is 48.3 Å². The molecule has 7 fully saturated rings. The SMILES string of the molecule is C.C.C.C=C1C(=O)CC[C@@H]2C(C)=C[C@H]3C[C@@H](C)C(=O)C(=C)[C@@H]3[C@@H]12.C=C1CCC[C@@H]2C(C)=C[C@H]3C[C@@H](C)CC(=C)[C@@H]3[C@@H]12.CC1=C[C@H]2C[C@@H](C)C(=O)[C@H]3CC[C@@H]4C(=O)CC[C@H]1[C@H]4[C@@H]32. The molecule has 0 amide bonds. The minimum atomic E-state index is 0. The lowest BCUT2D eigenvalue weighted by Crippen LogP contribution is -2.54. The monoisotopic (exact) mass is 833 g/mol. The van der Waals surface area contributed by atoms with E-state index in [1.807, 2.05) is 6.92 Å². The molecular formula is C57H84O4. The number of carbonyl (C=O) groups excluding carboxylic acids is 4. The topological polar surface area (TPSA) is 68.3 Å². The number of allylic oxidation sites excluding steroid dienone is 10. The first-order valence-electron chi connectivity index (χ1n) is 23.5. The molecule has 7 saturated carbocycles. The first kappa shape index (κ1) is 48.9. The molecule has 0 heterocycles. The molecule has 17 atom stereocenters. The first-order chi connectivity index (χ1) is 27.6. The van der Waals surface area contributed by atoms with Crippen molar-refractivity contribution in [1.29, 1.82) is 0 Å². The Hall–Kier alpha value is -3.14. The van der Waals surface area contributed by atoms with E-state index >= 15 is 0 Å². The van der Waals surface area contributed by atoms with E-state index in [0.717, 1.165) is 73.8 Å². The van der Waals surface area contributed by atoms with E-state index in [1.165, 1.54) is 54.4 Å². The van der Waals surface area contributed by atoms with Gasteiger partial charge < -0.3 is 0 Å². The maximum Gasteiger partial charge on any atom is 0.161 e. The van der Waals surface area contributed by atoms with E-state index in [1.54, 1.807) is 5.57 Å².